The Bertz CT molecular complexity index is 1100. The zero-order chi connectivity index (χ0) is 21.0. The van der Waals surface area contributed by atoms with Gasteiger partial charge in [-0.2, -0.15) is 0 Å². The van der Waals surface area contributed by atoms with Crippen LogP contribution in [0.5, 0.6) is 0 Å². The summed E-state index contributed by atoms with van der Waals surface area (Å²) in [6.45, 7) is 0. The summed E-state index contributed by atoms with van der Waals surface area (Å²) in [6.07, 6.45) is 0. The molecule has 0 saturated carbocycles. The fraction of sp³-hybridized carbons (Fsp3) is 0.0952. The predicted octanol–water partition coefficient (Wildman–Crippen LogP) is 4.28. The molecule has 1 unspecified atom stereocenters. The van der Waals surface area contributed by atoms with E-state index in [0.717, 1.165) is 0 Å². The first-order valence-corrected chi connectivity index (χ1v) is 10.9. The lowest BCUT2D eigenvalue weighted by Gasteiger charge is -2.25. The quantitative estimate of drug-likeness (QED) is 0.564. The number of amides is 1. The molecule has 0 saturated heterocycles. The van der Waals surface area contributed by atoms with Gasteiger partial charge in [0.15, 0.2) is 9.84 Å². The highest BCUT2D eigenvalue weighted by Gasteiger charge is 2.34. The molecule has 0 fully saturated rings. The maximum absolute atomic E-state index is 13.5. The van der Waals surface area contributed by atoms with Gasteiger partial charge in [0.2, 0.25) is 5.91 Å². The molecule has 0 aliphatic rings. The summed E-state index contributed by atoms with van der Waals surface area (Å²) < 4.78 is 26.9. The predicted molar refractivity (Wildman–Crippen MR) is 114 cm³/mol. The molecule has 0 aliphatic heterocycles. The van der Waals surface area contributed by atoms with Crippen molar-refractivity contribution in [2.45, 2.75) is 16.3 Å². The third-order valence-electron chi connectivity index (χ3n) is 4.38. The first kappa shape index (κ1) is 21.3. The summed E-state index contributed by atoms with van der Waals surface area (Å²) in [7, 11) is -3.99. The fourth-order valence-corrected chi connectivity index (χ4v) is 5.01. The zero-order valence-electron chi connectivity index (χ0n) is 15.1. The number of nitrogens with two attached hydrogens (primary N) is 1. The van der Waals surface area contributed by atoms with Crippen molar-refractivity contribution >= 4 is 38.9 Å². The van der Waals surface area contributed by atoms with Gasteiger partial charge in [-0.15, -0.1) is 0 Å². The van der Waals surface area contributed by atoms with Crippen molar-refractivity contribution in [2.24, 2.45) is 5.73 Å². The molecule has 0 aromatic heterocycles. The van der Waals surface area contributed by atoms with Crippen LogP contribution in [-0.2, 0) is 14.6 Å². The van der Waals surface area contributed by atoms with Gasteiger partial charge in [0.25, 0.3) is 0 Å². The summed E-state index contributed by atoms with van der Waals surface area (Å²) in [5.74, 6) is -0.709. The molecule has 5 nitrogen and oxygen atoms in total. The minimum Gasteiger partial charge on any atom is -0.368 e. The Morgan fingerprint density at radius 3 is 2.03 bits per heavy atom. The molecule has 3 aromatic carbocycles. The molecule has 0 heterocycles. The highest BCUT2D eigenvalue weighted by Crippen LogP contribution is 2.34. The number of rotatable bonds is 7. The molecular formula is C21H18Cl2N2O3S. The molecule has 0 spiro atoms. The molecule has 2 atom stereocenters. The second kappa shape index (κ2) is 8.97. The molecule has 1 amide bonds. The lowest BCUT2D eigenvalue weighted by Crippen LogP contribution is -2.39. The number of carbonyl (C=O) groups is 1. The average Bonchev–Trinajstić information content (AvgIpc) is 2.70. The van der Waals surface area contributed by atoms with Crippen molar-refractivity contribution in [2.75, 3.05) is 0 Å². The largest absolute Gasteiger partial charge is 0.368 e. The standard InChI is InChI=1S/C21H18Cl2N2O3S/c22-15-10-12-16(13-11-15)29(27,28)21(17-8-4-5-9-18(17)23)25-19(20(24)26)14-6-2-1-3-7-14/h1-13,19,21,25H,(H2,24,26)/t19?,21-/m1/s1. The van der Waals surface area contributed by atoms with Crippen molar-refractivity contribution in [3.63, 3.8) is 0 Å². The van der Waals surface area contributed by atoms with Crippen molar-refractivity contribution in [3.8, 4) is 0 Å². The van der Waals surface area contributed by atoms with E-state index in [0.29, 0.717) is 16.1 Å². The monoisotopic (exact) mass is 448 g/mol. The van der Waals surface area contributed by atoms with Gasteiger partial charge < -0.3 is 5.73 Å². The van der Waals surface area contributed by atoms with Crippen LogP contribution in [-0.4, -0.2) is 14.3 Å². The van der Waals surface area contributed by atoms with Crippen LogP contribution in [0.2, 0.25) is 10.0 Å². The van der Waals surface area contributed by atoms with E-state index in [9.17, 15) is 13.2 Å². The van der Waals surface area contributed by atoms with Crippen LogP contribution in [0.4, 0.5) is 0 Å². The molecule has 150 valence electrons. The minimum absolute atomic E-state index is 0.0376. The third-order valence-corrected chi connectivity index (χ3v) is 6.91. The van der Waals surface area contributed by atoms with Crippen LogP contribution in [0.3, 0.4) is 0 Å². The number of hydrogen-bond donors (Lipinski definition) is 2. The number of sulfone groups is 1. The van der Waals surface area contributed by atoms with Crippen LogP contribution in [0.15, 0.2) is 83.8 Å². The Morgan fingerprint density at radius 2 is 1.45 bits per heavy atom. The number of halogens is 2. The van der Waals surface area contributed by atoms with Crippen LogP contribution in [0, 0.1) is 0 Å². The number of hydrogen-bond acceptors (Lipinski definition) is 4. The lowest BCUT2D eigenvalue weighted by molar-refractivity contribution is -0.120. The van der Waals surface area contributed by atoms with E-state index < -0.39 is 27.2 Å². The van der Waals surface area contributed by atoms with E-state index >= 15 is 0 Å². The topological polar surface area (TPSA) is 89.3 Å². The number of benzene rings is 3. The normalized spacial score (nSPS) is 13.6. The van der Waals surface area contributed by atoms with E-state index in [1.807, 2.05) is 0 Å². The smallest absolute Gasteiger partial charge is 0.239 e. The van der Waals surface area contributed by atoms with Gasteiger partial charge in [0.05, 0.1) is 4.90 Å². The van der Waals surface area contributed by atoms with Crippen molar-refractivity contribution < 1.29 is 13.2 Å². The van der Waals surface area contributed by atoms with Gasteiger partial charge in [0, 0.05) is 15.6 Å². The van der Waals surface area contributed by atoms with Crippen molar-refractivity contribution in [3.05, 3.63) is 100 Å². The fourth-order valence-electron chi connectivity index (χ4n) is 2.93. The van der Waals surface area contributed by atoms with Crippen LogP contribution in [0.25, 0.3) is 0 Å². The maximum Gasteiger partial charge on any atom is 0.239 e. The van der Waals surface area contributed by atoms with Gasteiger partial charge >= 0.3 is 0 Å². The Morgan fingerprint density at radius 1 is 0.862 bits per heavy atom. The Kier molecular flexibility index (Phi) is 6.59. The first-order chi connectivity index (χ1) is 13.8. The summed E-state index contributed by atoms with van der Waals surface area (Å²) >= 11 is 12.2. The summed E-state index contributed by atoms with van der Waals surface area (Å²) in [6, 6.07) is 20.0. The second-order valence-corrected chi connectivity index (χ2v) is 9.19. The zero-order valence-corrected chi connectivity index (χ0v) is 17.5. The molecule has 3 aromatic rings. The molecule has 0 bridgehead atoms. The Hall–Kier alpha value is -2.38. The van der Waals surface area contributed by atoms with Gasteiger partial charge in [0.1, 0.15) is 11.4 Å². The van der Waals surface area contributed by atoms with Gasteiger partial charge in [-0.05, 0) is 35.9 Å². The third kappa shape index (κ3) is 4.79. The summed E-state index contributed by atoms with van der Waals surface area (Å²) in [5.41, 5.74) is 6.44. The number of primary amides is 1. The second-order valence-electron chi connectivity index (χ2n) is 6.31. The van der Waals surface area contributed by atoms with Gasteiger partial charge in [-0.3, -0.25) is 10.1 Å². The Balaban J connectivity index is 2.12. The van der Waals surface area contributed by atoms with E-state index in [2.05, 4.69) is 5.32 Å². The SMILES string of the molecule is NC(=O)C(N[C@@H](c1ccccc1Cl)S(=O)(=O)c1ccc(Cl)cc1)c1ccccc1. The van der Waals surface area contributed by atoms with Crippen LogP contribution >= 0.6 is 23.2 Å². The highest BCUT2D eigenvalue weighted by atomic mass is 35.5. The van der Waals surface area contributed by atoms with E-state index in [-0.39, 0.29) is 9.92 Å². The molecule has 0 aliphatic carbocycles. The minimum atomic E-state index is -3.99. The van der Waals surface area contributed by atoms with E-state index in [1.54, 1.807) is 54.6 Å². The van der Waals surface area contributed by atoms with Crippen LogP contribution in [0.1, 0.15) is 22.5 Å². The van der Waals surface area contributed by atoms with Gasteiger partial charge in [-0.25, -0.2) is 8.42 Å². The first-order valence-electron chi connectivity index (χ1n) is 8.65. The average molecular weight is 449 g/mol. The molecule has 0 radical (unpaired) electrons. The molecule has 29 heavy (non-hydrogen) atoms. The van der Waals surface area contributed by atoms with E-state index in [1.165, 1.54) is 24.3 Å². The molecular weight excluding hydrogens is 431 g/mol. The highest BCUT2D eigenvalue weighted by molar-refractivity contribution is 7.91. The molecule has 8 heteroatoms. The number of nitrogens with one attached hydrogen (secondary N) is 1. The maximum atomic E-state index is 13.5. The van der Waals surface area contributed by atoms with E-state index in [4.69, 9.17) is 28.9 Å². The lowest BCUT2D eigenvalue weighted by atomic mass is 10.1. The van der Waals surface area contributed by atoms with Crippen molar-refractivity contribution in [1.82, 2.24) is 5.32 Å². The molecule has 3 rings (SSSR count). The summed E-state index contributed by atoms with van der Waals surface area (Å²) in [5, 5.41) is 2.25. The molecule has 3 N–H and O–H groups in total. The summed E-state index contributed by atoms with van der Waals surface area (Å²) in [4.78, 5) is 12.2. The van der Waals surface area contributed by atoms with Gasteiger partial charge in [-0.1, -0.05) is 71.7 Å². The Labute approximate surface area is 179 Å². The van der Waals surface area contributed by atoms with Crippen LogP contribution < -0.4 is 11.1 Å². The van der Waals surface area contributed by atoms with Crippen molar-refractivity contribution in [1.29, 1.82) is 0 Å². The number of carbonyl (C=O) groups excluding carboxylic acids is 1.